The van der Waals surface area contributed by atoms with Crippen molar-refractivity contribution in [3.63, 3.8) is 0 Å². The highest BCUT2D eigenvalue weighted by Crippen LogP contribution is 2.12. The quantitative estimate of drug-likeness (QED) is 0.196. The molecule has 5 amide bonds. The van der Waals surface area contributed by atoms with E-state index in [0.29, 0.717) is 0 Å². The first-order valence-corrected chi connectivity index (χ1v) is 16.0. The molecule has 4 atom stereocenters. The van der Waals surface area contributed by atoms with E-state index in [1.165, 1.54) is 14.2 Å². The molecule has 0 saturated heterocycles. The van der Waals surface area contributed by atoms with Crippen molar-refractivity contribution >= 4 is 35.7 Å². The summed E-state index contributed by atoms with van der Waals surface area (Å²) in [7, 11) is 2.65. The molecule has 0 aliphatic heterocycles. The van der Waals surface area contributed by atoms with Gasteiger partial charge in [-0.05, 0) is 50.5 Å². The zero-order valence-corrected chi connectivity index (χ0v) is 29.8. The Hall–Kier alpha value is -4.16. The predicted molar refractivity (Wildman–Crippen MR) is 178 cm³/mol. The second kappa shape index (κ2) is 18.9. The summed E-state index contributed by atoms with van der Waals surface area (Å²) in [6.07, 6.45) is -0.219. The van der Waals surface area contributed by atoms with Gasteiger partial charge in [-0.25, -0.2) is 9.59 Å². The summed E-state index contributed by atoms with van der Waals surface area (Å²) in [4.78, 5) is 79.2. The van der Waals surface area contributed by atoms with Gasteiger partial charge in [0.05, 0.1) is 7.11 Å². The van der Waals surface area contributed by atoms with Crippen molar-refractivity contribution in [2.24, 2.45) is 17.8 Å². The normalized spacial score (nSPS) is 14.0. The fourth-order valence-corrected chi connectivity index (χ4v) is 4.58. The minimum atomic E-state index is -1.05. The first kappa shape index (κ1) is 40.9. The van der Waals surface area contributed by atoms with Crippen molar-refractivity contribution < 1.29 is 38.2 Å². The topological polar surface area (TPSA) is 172 Å². The van der Waals surface area contributed by atoms with Crippen LogP contribution in [-0.2, 0) is 39.9 Å². The first-order chi connectivity index (χ1) is 21.7. The van der Waals surface area contributed by atoms with Crippen LogP contribution >= 0.6 is 0 Å². The summed E-state index contributed by atoms with van der Waals surface area (Å²) in [6, 6.07) is 5.09. The van der Waals surface area contributed by atoms with E-state index in [9.17, 15) is 28.8 Å². The second-order valence-electron chi connectivity index (χ2n) is 13.8. The summed E-state index contributed by atoms with van der Waals surface area (Å²) < 4.78 is 10.2. The minimum Gasteiger partial charge on any atom is -0.467 e. The molecule has 0 bridgehead atoms. The van der Waals surface area contributed by atoms with Crippen LogP contribution in [0, 0.1) is 17.8 Å². The summed E-state index contributed by atoms with van der Waals surface area (Å²) in [5.74, 6) is -3.70. The zero-order valence-electron chi connectivity index (χ0n) is 29.8. The number of rotatable bonds is 16. The monoisotopic (exact) mass is 661 g/mol. The van der Waals surface area contributed by atoms with Gasteiger partial charge in [-0.2, -0.15) is 0 Å². The fourth-order valence-electron chi connectivity index (χ4n) is 4.58. The average molecular weight is 662 g/mol. The third-order valence-electron chi connectivity index (χ3n) is 7.02. The minimum absolute atomic E-state index is 0.00798. The van der Waals surface area contributed by atoms with E-state index in [2.05, 4.69) is 21.3 Å². The Morgan fingerprint density at radius 1 is 0.745 bits per heavy atom. The molecule has 0 unspecified atom stereocenters. The highest BCUT2D eigenvalue weighted by molar-refractivity contribution is 5.95. The van der Waals surface area contributed by atoms with Crippen LogP contribution in [0.25, 0.3) is 0 Å². The summed E-state index contributed by atoms with van der Waals surface area (Å²) >= 11 is 0. The Morgan fingerprint density at radius 2 is 1.26 bits per heavy atom. The molecule has 0 aliphatic rings. The van der Waals surface area contributed by atoms with E-state index >= 15 is 0 Å². The standard InChI is InChI=1S/C34H55N5O8/c1-20(2)17-24(35-26(40)19-39(10)33(45)47-34(7,8)9)29(41)37-28(22(5)6)31(43)38-27(21(3)4)30(42)36-25(32(44)46-11)18-23-15-13-12-14-16-23/h12-16,20-22,24-25,27-28H,17-19H2,1-11H3,(H,35,40)(H,36,42)(H,37,41)(H,38,43)/t24-,25-,27-,28+/m0/s1. The van der Waals surface area contributed by atoms with Crippen LogP contribution in [0.15, 0.2) is 30.3 Å². The van der Waals surface area contributed by atoms with Crippen molar-refractivity contribution in [3.8, 4) is 0 Å². The Kier molecular flexibility index (Phi) is 16.4. The molecule has 13 nitrogen and oxygen atoms in total. The Balaban J connectivity index is 3.05. The van der Waals surface area contributed by atoms with E-state index in [1.54, 1.807) is 48.5 Å². The molecule has 0 aromatic heterocycles. The molecule has 13 heteroatoms. The van der Waals surface area contributed by atoms with Crippen LogP contribution in [0.4, 0.5) is 4.79 Å². The summed E-state index contributed by atoms with van der Waals surface area (Å²) in [6.45, 7) is 15.6. The van der Waals surface area contributed by atoms with E-state index in [4.69, 9.17) is 9.47 Å². The molecular formula is C34H55N5O8. The van der Waals surface area contributed by atoms with Crippen molar-refractivity contribution in [1.82, 2.24) is 26.2 Å². The number of nitrogens with zero attached hydrogens (tertiary/aromatic N) is 1. The van der Waals surface area contributed by atoms with Gasteiger partial charge in [-0.1, -0.05) is 71.9 Å². The highest BCUT2D eigenvalue weighted by Gasteiger charge is 2.34. The number of hydrogen-bond acceptors (Lipinski definition) is 8. The molecule has 0 fully saturated rings. The lowest BCUT2D eigenvalue weighted by Crippen LogP contribution is -2.60. The average Bonchev–Trinajstić information content (AvgIpc) is 2.96. The van der Waals surface area contributed by atoms with Gasteiger partial charge in [0, 0.05) is 13.5 Å². The van der Waals surface area contributed by atoms with Gasteiger partial charge < -0.3 is 35.6 Å². The van der Waals surface area contributed by atoms with Crippen molar-refractivity contribution in [1.29, 1.82) is 0 Å². The Bertz CT molecular complexity index is 1210. The lowest BCUT2D eigenvalue weighted by molar-refractivity contribution is -0.145. The molecular weight excluding hydrogens is 606 g/mol. The summed E-state index contributed by atoms with van der Waals surface area (Å²) in [5.41, 5.74) is 0.0739. The number of amides is 5. The number of ether oxygens (including phenoxy) is 2. The van der Waals surface area contributed by atoms with Crippen LogP contribution in [0.3, 0.4) is 0 Å². The molecule has 1 rings (SSSR count). The molecule has 1 aromatic rings. The number of carbonyl (C=O) groups is 6. The van der Waals surface area contributed by atoms with Crippen LogP contribution in [0.2, 0.25) is 0 Å². The number of esters is 1. The van der Waals surface area contributed by atoms with Crippen molar-refractivity contribution in [2.45, 2.75) is 105 Å². The van der Waals surface area contributed by atoms with Crippen LogP contribution in [0.1, 0.15) is 74.3 Å². The molecule has 0 saturated carbocycles. The van der Waals surface area contributed by atoms with Gasteiger partial charge >= 0.3 is 12.1 Å². The summed E-state index contributed by atoms with van der Waals surface area (Å²) in [5, 5.41) is 10.9. The molecule has 4 N–H and O–H groups in total. The molecule has 0 spiro atoms. The number of nitrogens with one attached hydrogen (secondary N) is 4. The molecule has 264 valence electrons. The first-order valence-electron chi connectivity index (χ1n) is 16.0. The molecule has 0 radical (unpaired) electrons. The second-order valence-corrected chi connectivity index (χ2v) is 13.8. The van der Waals surface area contributed by atoms with Gasteiger partial charge in [0.25, 0.3) is 0 Å². The number of hydrogen-bond donors (Lipinski definition) is 4. The maximum absolute atomic E-state index is 13.6. The molecule has 1 aromatic carbocycles. The number of benzene rings is 1. The molecule has 47 heavy (non-hydrogen) atoms. The SMILES string of the molecule is COC(=O)[C@H](Cc1ccccc1)NC(=O)[C@@H](NC(=O)[C@H](NC(=O)[C@H](CC(C)C)NC(=O)CN(C)C(=O)OC(C)(C)C)C(C)C)C(C)C. The lowest BCUT2D eigenvalue weighted by atomic mass is 9.97. The number of carbonyl (C=O) groups excluding carboxylic acids is 6. The fraction of sp³-hybridized carbons (Fsp3) is 0.647. The van der Waals surface area contributed by atoms with Crippen molar-refractivity contribution in [2.75, 3.05) is 20.7 Å². The maximum Gasteiger partial charge on any atom is 0.410 e. The third-order valence-corrected chi connectivity index (χ3v) is 7.02. The predicted octanol–water partition coefficient (Wildman–Crippen LogP) is 2.57. The highest BCUT2D eigenvalue weighted by atomic mass is 16.6. The zero-order chi connectivity index (χ0) is 36.1. The Morgan fingerprint density at radius 3 is 1.72 bits per heavy atom. The smallest absolute Gasteiger partial charge is 0.410 e. The van der Waals surface area contributed by atoms with Gasteiger partial charge in [0.1, 0.15) is 36.3 Å². The Labute approximate surface area is 279 Å². The van der Waals surface area contributed by atoms with E-state index in [-0.39, 0.29) is 37.1 Å². The van der Waals surface area contributed by atoms with Gasteiger partial charge in [-0.15, -0.1) is 0 Å². The maximum atomic E-state index is 13.6. The van der Waals surface area contributed by atoms with E-state index in [0.717, 1.165) is 10.5 Å². The van der Waals surface area contributed by atoms with Gasteiger partial charge in [-0.3, -0.25) is 19.2 Å². The van der Waals surface area contributed by atoms with Crippen LogP contribution in [-0.4, -0.2) is 91.1 Å². The van der Waals surface area contributed by atoms with Crippen LogP contribution < -0.4 is 21.3 Å². The van der Waals surface area contributed by atoms with E-state index < -0.39 is 65.5 Å². The molecule has 0 heterocycles. The third kappa shape index (κ3) is 14.9. The van der Waals surface area contributed by atoms with Crippen LogP contribution in [0.5, 0.6) is 0 Å². The van der Waals surface area contributed by atoms with Gasteiger partial charge in [0.15, 0.2) is 0 Å². The number of methoxy groups -OCH3 is 1. The van der Waals surface area contributed by atoms with E-state index in [1.807, 2.05) is 44.2 Å². The van der Waals surface area contributed by atoms with Crippen molar-refractivity contribution in [3.05, 3.63) is 35.9 Å². The largest absolute Gasteiger partial charge is 0.467 e. The number of likely N-dealkylation sites (N-methyl/N-ethyl adjacent to an activating group) is 1. The van der Waals surface area contributed by atoms with Gasteiger partial charge in [0.2, 0.25) is 23.6 Å². The molecule has 0 aliphatic carbocycles. The lowest BCUT2D eigenvalue weighted by Gasteiger charge is -2.30.